The molecule has 0 fully saturated rings. The lowest BCUT2D eigenvalue weighted by Crippen LogP contribution is -2.12. The molecule has 0 bridgehead atoms. The Morgan fingerprint density at radius 2 is 2.05 bits per heavy atom. The molecule has 0 radical (unpaired) electrons. The molecule has 94 valence electrons. The number of carbonyl (C=O) groups excluding carboxylic acids is 1. The van der Waals surface area contributed by atoms with Crippen molar-refractivity contribution >= 4 is 11.6 Å². The number of benzene rings is 1. The molecule has 7 heteroatoms. The van der Waals surface area contributed by atoms with E-state index in [1.807, 2.05) is 12.1 Å². The Balaban J connectivity index is 1.75. The zero-order valence-corrected chi connectivity index (χ0v) is 9.70. The van der Waals surface area contributed by atoms with Gasteiger partial charge in [-0.3, -0.25) is 4.79 Å². The van der Waals surface area contributed by atoms with Gasteiger partial charge in [0.05, 0.1) is 12.4 Å². The first-order valence-corrected chi connectivity index (χ1v) is 5.49. The number of hydrogen-bond acceptors (Lipinski definition) is 5. The van der Waals surface area contributed by atoms with Crippen molar-refractivity contribution in [2.75, 3.05) is 5.32 Å². The molecule has 0 aliphatic carbocycles. The molecule has 7 nitrogen and oxygen atoms in total. The Hall–Kier alpha value is -2.96. The molecule has 0 atom stereocenters. The van der Waals surface area contributed by atoms with Crippen molar-refractivity contribution in [3.05, 3.63) is 48.7 Å². The maximum absolute atomic E-state index is 11.7. The summed E-state index contributed by atoms with van der Waals surface area (Å²) in [6, 6.07) is 7.21. The number of H-pyrrole nitrogens is 1. The van der Waals surface area contributed by atoms with Crippen LogP contribution in [0.15, 0.2) is 47.5 Å². The van der Waals surface area contributed by atoms with Gasteiger partial charge in [0.25, 0.3) is 5.91 Å². The van der Waals surface area contributed by atoms with E-state index in [2.05, 4.69) is 25.7 Å². The predicted molar refractivity (Wildman–Crippen MR) is 66.3 cm³/mol. The third-order valence-corrected chi connectivity index (χ3v) is 2.51. The summed E-state index contributed by atoms with van der Waals surface area (Å²) in [5.74, 6) is 0.357. The van der Waals surface area contributed by atoms with E-state index in [1.165, 1.54) is 12.6 Å². The minimum absolute atomic E-state index is 0.235. The predicted octanol–water partition coefficient (Wildman–Crippen LogP) is 1.71. The quantitative estimate of drug-likeness (QED) is 0.742. The van der Waals surface area contributed by atoms with Crippen LogP contribution in [0.25, 0.3) is 11.3 Å². The van der Waals surface area contributed by atoms with Gasteiger partial charge in [0.2, 0.25) is 0 Å². The van der Waals surface area contributed by atoms with Crippen LogP contribution in [0.3, 0.4) is 0 Å². The lowest BCUT2D eigenvalue weighted by molar-refractivity contribution is 0.102. The van der Waals surface area contributed by atoms with Crippen LogP contribution in [-0.4, -0.2) is 26.3 Å². The third-order valence-electron chi connectivity index (χ3n) is 2.51. The van der Waals surface area contributed by atoms with Gasteiger partial charge >= 0.3 is 0 Å². The monoisotopic (exact) mass is 255 g/mol. The summed E-state index contributed by atoms with van der Waals surface area (Å²) in [7, 11) is 0. The summed E-state index contributed by atoms with van der Waals surface area (Å²) in [6.45, 7) is 0. The summed E-state index contributed by atoms with van der Waals surface area (Å²) in [4.78, 5) is 15.6. The number of oxazole rings is 1. The number of nitrogens with one attached hydrogen (secondary N) is 2. The molecule has 0 aliphatic rings. The lowest BCUT2D eigenvalue weighted by atomic mass is 10.1. The largest absolute Gasteiger partial charge is 0.444 e. The number of hydrogen-bond donors (Lipinski definition) is 2. The highest BCUT2D eigenvalue weighted by atomic mass is 16.3. The van der Waals surface area contributed by atoms with E-state index in [4.69, 9.17) is 4.42 Å². The van der Waals surface area contributed by atoms with Crippen molar-refractivity contribution in [2.24, 2.45) is 0 Å². The number of nitrogens with zero attached hydrogens (tertiary/aromatic N) is 3. The van der Waals surface area contributed by atoms with E-state index in [1.54, 1.807) is 18.3 Å². The summed E-state index contributed by atoms with van der Waals surface area (Å²) in [5.41, 5.74) is 1.78. The van der Waals surface area contributed by atoms with E-state index in [0.717, 1.165) is 5.56 Å². The van der Waals surface area contributed by atoms with E-state index >= 15 is 0 Å². The Kier molecular flexibility index (Phi) is 2.77. The zero-order valence-electron chi connectivity index (χ0n) is 9.70. The van der Waals surface area contributed by atoms with Crippen molar-refractivity contribution in [3.8, 4) is 11.3 Å². The SMILES string of the molecule is O=C(Nc1ccc(-c2cnco2)cc1)c1cn[nH]n1. The topological polar surface area (TPSA) is 96.7 Å². The Labute approximate surface area is 107 Å². The molecule has 2 aromatic heterocycles. The second kappa shape index (κ2) is 4.73. The first-order valence-electron chi connectivity index (χ1n) is 5.49. The molecule has 0 saturated heterocycles. The highest BCUT2D eigenvalue weighted by Gasteiger charge is 2.09. The number of rotatable bonds is 3. The van der Waals surface area contributed by atoms with E-state index in [0.29, 0.717) is 11.4 Å². The fourth-order valence-corrected chi connectivity index (χ4v) is 1.58. The molecule has 0 aliphatic heterocycles. The second-order valence-corrected chi connectivity index (χ2v) is 3.75. The molecule has 19 heavy (non-hydrogen) atoms. The molecule has 0 unspecified atom stereocenters. The zero-order chi connectivity index (χ0) is 13.1. The van der Waals surface area contributed by atoms with Gasteiger partial charge < -0.3 is 9.73 Å². The van der Waals surface area contributed by atoms with Gasteiger partial charge in [-0.05, 0) is 24.3 Å². The van der Waals surface area contributed by atoms with Crippen LogP contribution in [0.4, 0.5) is 5.69 Å². The van der Waals surface area contributed by atoms with Crippen LogP contribution in [0.1, 0.15) is 10.5 Å². The normalized spacial score (nSPS) is 10.3. The van der Waals surface area contributed by atoms with Gasteiger partial charge in [-0.1, -0.05) is 0 Å². The third kappa shape index (κ3) is 2.34. The maximum Gasteiger partial charge on any atom is 0.277 e. The van der Waals surface area contributed by atoms with E-state index in [9.17, 15) is 4.79 Å². The fourth-order valence-electron chi connectivity index (χ4n) is 1.58. The van der Waals surface area contributed by atoms with Crippen molar-refractivity contribution < 1.29 is 9.21 Å². The summed E-state index contributed by atoms with van der Waals surface area (Å²) in [5, 5.41) is 12.4. The molecule has 1 aromatic carbocycles. The van der Waals surface area contributed by atoms with Crippen LogP contribution >= 0.6 is 0 Å². The first kappa shape index (κ1) is 11.1. The molecule has 3 aromatic rings. The maximum atomic E-state index is 11.7. The molecule has 0 spiro atoms. The van der Waals surface area contributed by atoms with Crippen LogP contribution in [0.2, 0.25) is 0 Å². The van der Waals surface area contributed by atoms with E-state index in [-0.39, 0.29) is 11.6 Å². The molecule has 0 saturated carbocycles. The van der Waals surface area contributed by atoms with Gasteiger partial charge in [-0.25, -0.2) is 4.98 Å². The van der Waals surface area contributed by atoms with Crippen molar-refractivity contribution in [2.45, 2.75) is 0 Å². The molecular formula is C12H9N5O2. The Bertz CT molecular complexity index is 659. The molecule has 3 rings (SSSR count). The smallest absolute Gasteiger partial charge is 0.277 e. The minimum atomic E-state index is -0.318. The number of aromatic amines is 1. The number of aromatic nitrogens is 4. The van der Waals surface area contributed by atoms with Crippen molar-refractivity contribution in [1.82, 2.24) is 20.4 Å². The summed E-state index contributed by atoms with van der Waals surface area (Å²) in [6.07, 6.45) is 4.36. The minimum Gasteiger partial charge on any atom is -0.444 e. The molecule has 2 heterocycles. The van der Waals surface area contributed by atoms with E-state index < -0.39 is 0 Å². The highest BCUT2D eigenvalue weighted by Crippen LogP contribution is 2.20. The Morgan fingerprint density at radius 1 is 1.21 bits per heavy atom. The van der Waals surface area contributed by atoms with Crippen molar-refractivity contribution in [1.29, 1.82) is 0 Å². The first-order chi connectivity index (χ1) is 9.33. The number of anilines is 1. The fraction of sp³-hybridized carbons (Fsp3) is 0. The van der Waals surface area contributed by atoms with Gasteiger partial charge in [-0.2, -0.15) is 15.4 Å². The average molecular weight is 255 g/mol. The van der Waals surface area contributed by atoms with Gasteiger partial charge in [0, 0.05) is 11.3 Å². The number of carbonyl (C=O) groups is 1. The van der Waals surface area contributed by atoms with Crippen LogP contribution in [0.5, 0.6) is 0 Å². The van der Waals surface area contributed by atoms with Crippen LogP contribution < -0.4 is 5.32 Å². The molecule has 2 N–H and O–H groups in total. The second-order valence-electron chi connectivity index (χ2n) is 3.75. The highest BCUT2D eigenvalue weighted by molar-refractivity contribution is 6.02. The van der Waals surface area contributed by atoms with Gasteiger partial charge in [0.1, 0.15) is 0 Å². The van der Waals surface area contributed by atoms with Gasteiger partial charge in [0.15, 0.2) is 17.8 Å². The summed E-state index contributed by atoms with van der Waals surface area (Å²) >= 11 is 0. The van der Waals surface area contributed by atoms with Crippen LogP contribution in [0, 0.1) is 0 Å². The molecular weight excluding hydrogens is 246 g/mol. The van der Waals surface area contributed by atoms with Gasteiger partial charge in [-0.15, -0.1) is 0 Å². The lowest BCUT2D eigenvalue weighted by Gasteiger charge is -2.03. The Morgan fingerprint density at radius 3 is 2.68 bits per heavy atom. The molecule has 1 amide bonds. The average Bonchev–Trinajstić information content (AvgIpc) is 3.13. The van der Waals surface area contributed by atoms with Crippen molar-refractivity contribution in [3.63, 3.8) is 0 Å². The summed E-state index contributed by atoms with van der Waals surface area (Å²) < 4.78 is 5.18. The van der Waals surface area contributed by atoms with Crippen LogP contribution in [-0.2, 0) is 0 Å². The standard InChI is InChI=1S/C12H9N5O2/c18-12(10-5-14-17-16-10)15-9-3-1-8(2-4-9)11-6-13-7-19-11/h1-7H,(H,15,18)(H,14,16,17). The number of amides is 1.